The number of hydrogen-bond donors (Lipinski definition) is 1. The summed E-state index contributed by atoms with van der Waals surface area (Å²) in [5.41, 5.74) is 5.12. The molecule has 0 bridgehead atoms. The number of hydrogen-bond acceptors (Lipinski definition) is 4. The number of fused-ring (bicyclic) bond motifs is 3. The molecular weight excluding hydrogens is 460 g/mol. The summed E-state index contributed by atoms with van der Waals surface area (Å²) in [7, 11) is 0. The molecule has 0 aliphatic heterocycles. The number of benzene rings is 4. The first kappa shape index (κ1) is 22.9. The molecule has 0 saturated heterocycles. The molecule has 1 N–H and O–H groups in total. The van der Waals surface area contributed by atoms with Gasteiger partial charge in [-0.25, -0.2) is 4.79 Å². The van der Waals surface area contributed by atoms with Gasteiger partial charge < -0.3 is 10.1 Å². The minimum Gasteiger partial charge on any atom is -0.452 e. The van der Waals surface area contributed by atoms with Gasteiger partial charge in [0.2, 0.25) is 0 Å². The summed E-state index contributed by atoms with van der Waals surface area (Å²) in [4.78, 5) is 31.2. The minimum atomic E-state index is -0.489. The Kier molecular flexibility index (Phi) is 6.11. The average Bonchev–Trinajstić information content (AvgIpc) is 2.95. The summed E-state index contributed by atoms with van der Waals surface area (Å²) >= 11 is 0. The molecule has 0 saturated carbocycles. The Morgan fingerprint density at radius 3 is 2.43 bits per heavy atom. The van der Waals surface area contributed by atoms with Crippen LogP contribution in [-0.4, -0.2) is 23.5 Å². The van der Waals surface area contributed by atoms with Crippen LogP contribution in [0.1, 0.15) is 39.5 Å². The molecule has 1 aliphatic carbocycles. The number of anilines is 1. The number of rotatable bonds is 5. The van der Waals surface area contributed by atoms with Crippen molar-refractivity contribution in [2.45, 2.75) is 25.2 Å². The number of carbonyl (C=O) groups is 2. The molecule has 1 amide bonds. The van der Waals surface area contributed by atoms with Crippen LogP contribution in [0.2, 0.25) is 0 Å². The number of ether oxygens (including phenoxy) is 1. The topological polar surface area (TPSA) is 68.3 Å². The highest BCUT2D eigenvalue weighted by atomic mass is 16.5. The maximum Gasteiger partial charge on any atom is 0.339 e. The molecule has 1 unspecified atom stereocenters. The zero-order valence-corrected chi connectivity index (χ0v) is 20.3. The fourth-order valence-electron chi connectivity index (χ4n) is 5.36. The van der Waals surface area contributed by atoms with Crippen molar-refractivity contribution in [1.82, 2.24) is 4.98 Å². The van der Waals surface area contributed by atoms with Crippen molar-refractivity contribution < 1.29 is 14.3 Å². The second kappa shape index (κ2) is 9.86. The predicted molar refractivity (Wildman–Crippen MR) is 146 cm³/mol. The number of esters is 1. The van der Waals surface area contributed by atoms with Gasteiger partial charge in [0.1, 0.15) is 0 Å². The molecule has 5 nitrogen and oxygen atoms in total. The SMILES string of the molecule is O=C(COC(=O)c1c2c(nc3ccccc13)CCC(c1ccccc1)C2)Nc1cccc2ccccc12. The largest absolute Gasteiger partial charge is 0.452 e. The lowest BCUT2D eigenvalue weighted by Crippen LogP contribution is -2.24. The maximum atomic E-state index is 13.5. The summed E-state index contributed by atoms with van der Waals surface area (Å²) < 4.78 is 5.61. The van der Waals surface area contributed by atoms with Crippen molar-refractivity contribution in [1.29, 1.82) is 0 Å². The smallest absolute Gasteiger partial charge is 0.339 e. The minimum absolute atomic E-state index is 0.304. The first-order valence-corrected chi connectivity index (χ1v) is 12.6. The van der Waals surface area contributed by atoms with Gasteiger partial charge in [0.05, 0.1) is 11.1 Å². The Labute approximate surface area is 215 Å². The summed E-state index contributed by atoms with van der Waals surface area (Å²) in [6.07, 6.45) is 2.48. The van der Waals surface area contributed by atoms with E-state index >= 15 is 0 Å². The van der Waals surface area contributed by atoms with Gasteiger partial charge in [-0.1, -0.05) is 84.9 Å². The molecular formula is C32H26N2O3. The summed E-state index contributed by atoms with van der Waals surface area (Å²) in [6, 6.07) is 31.6. The first-order chi connectivity index (χ1) is 18.2. The number of nitrogens with one attached hydrogen (secondary N) is 1. The van der Waals surface area contributed by atoms with E-state index in [-0.39, 0.29) is 12.5 Å². The van der Waals surface area contributed by atoms with E-state index in [9.17, 15) is 9.59 Å². The molecule has 1 aliphatic rings. The molecule has 0 fully saturated rings. The zero-order chi connectivity index (χ0) is 25.2. The van der Waals surface area contributed by atoms with Crippen LogP contribution in [0.4, 0.5) is 5.69 Å². The molecule has 1 atom stereocenters. The van der Waals surface area contributed by atoms with Crippen LogP contribution >= 0.6 is 0 Å². The third kappa shape index (κ3) is 4.56. The summed E-state index contributed by atoms with van der Waals surface area (Å²) in [5.74, 6) is -0.561. The van der Waals surface area contributed by atoms with E-state index in [0.29, 0.717) is 23.6 Å². The number of pyridine rings is 1. The fraction of sp³-hybridized carbons (Fsp3) is 0.156. The van der Waals surface area contributed by atoms with Crippen LogP contribution in [0.25, 0.3) is 21.7 Å². The molecule has 5 aromatic rings. The standard InChI is InChI=1S/C32H26N2O3/c35-30(34-27-16-8-12-22-11-4-5-13-24(22)27)20-37-32(36)31-25-14-6-7-15-28(25)33-29-18-17-23(19-26(29)31)21-9-2-1-3-10-21/h1-16,23H,17-20H2,(H,34,35). The quantitative estimate of drug-likeness (QED) is 0.290. The van der Waals surface area contributed by atoms with Gasteiger partial charge in [-0.05, 0) is 53.8 Å². The summed E-state index contributed by atoms with van der Waals surface area (Å²) in [5, 5.41) is 5.61. The molecule has 0 radical (unpaired) electrons. The number of aromatic nitrogens is 1. The van der Waals surface area contributed by atoms with E-state index in [1.165, 1.54) is 5.56 Å². The Morgan fingerprint density at radius 1 is 0.838 bits per heavy atom. The maximum absolute atomic E-state index is 13.5. The van der Waals surface area contributed by atoms with E-state index in [4.69, 9.17) is 9.72 Å². The van der Waals surface area contributed by atoms with Crippen molar-refractivity contribution in [3.05, 3.63) is 119 Å². The molecule has 5 heteroatoms. The van der Waals surface area contributed by atoms with Crippen LogP contribution in [0.3, 0.4) is 0 Å². The molecule has 6 rings (SSSR count). The predicted octanol–water partition coefficient (Wildman–Crippen LogP) is 6.46. The monoisotopic (exact) mass is 486 g/mol. The van der Waals surface area contributed by atoms with Gasteiger partial charge in [-0.15, -0.1) is 0 Å². The van der Waals surface area contributed by atoms with E-state index in [1.54, 1.807) is 0 Å². The second-order valence-corrected chi connectivity index (χ2v) is 9.43. The molecule has 1 aromatic heterocycles. The van der Waals surface area contributed by atoms with Crippen molar-refractivity contribution in [3.63, 3.8) is 0 Å². The Hall–Kier alpha value is -4.51. The third-order valence-corrected chi connectivity index (χ3v) is 7.13. The molecule has 182 valence electrons. The lowest BCUT2D eigenvalue weighted by molar-refractivity contribution is -0.119. The van der Waals surface area contributed by atoms with E-state index < -0.39 is 5.97 Å². The first-order valence-electron chi connectivity index (χ1n) is 12.6. The van der Waals surface area contributed by atoms with Crippen molar-refractivity contribution in [2.24, 2.45) is 0 Å². The lowest BCUT2D eigenvalue weighted by Gasteiger charge is -2.27. The van der Waals surface area contributed by atoms with Crippen LogP contribution in [0, 0.1) is 0 Å². The van der Waals surface area contributed by atoms with E-state index in [2.05, 4.69) is 17.4 Å². The van der Waals surface area contributed by atoms with Crippen LogP contribution in [-0.2, 0) is 22.4 Å². The van der Waals surface area contributed by atoms with Crippen LogP contribution in [0.15, 0.2) is 97.1 Å². The molecule has 0 spiro atoms. The average molecular weight is 487 g/mol. The highest BCUT2D eigenvalue weighted by molar-refractivity contribution is 6.07. The van der Waals surface area contributed by atoms with E-state index in [1.807, 2.05) is 84.9 Å². The Morgan fingerprint density at radius 2 is 1.57 bits per heavy atom. The molecule has 4 aromatic carbocycles. The van der Waals surface area contributed by atoms with Gasteiger partial charge in [0.15, 0.2) is 6.61 Å². The number of para-hydroxylation sites is 1. The van der Waals surface area contributed by atoms with Crippen molar-refractivity contribution in [3.8, 4) is 0 Å². The zero-order valence-electron chi connectivity index (χ0n) is 20.3. The van der Waals surface area contributed by atoms with Gasteiger partial charge in [0, 0.05) is 22.2 Å². The number of amides is 1. The fourth-order valence-corrected chi connectivity index (χ4v) is 5.36. The van der Waals surface area contributed by atoms with Crippen molar-refractivity contribution in [2.75, 3.05) is 11.9 Å². The Bertz CT molecular complexity index is 1620. The number of aryl methyl sites for hydroxylation is 1. The van der Waals surface area contributed by atoms with Crippen LogP contribution < -0.4 is 5.32 Å². The Balaban J connectivity index is 1.26. The van der Waals surface area contributed by atoms with Gasteiger partial charge in [-0.2, -0.15) is 0 Å². The third-order valence-electron chi connectivity index (χ3n) is 7.13. The second-order valence-electron chi connectivity index (χ2n) is 9.43. The highest BCUT2D eigenvalue weighted by Crippen LogP contribution is 2.36. The normalized spacial score (nSPS) is 14.8. The molecule has 37 heavy (non-hydrogen) atoms. The number of nitrogens with zero attached hydrogens (tertiary/aromatic N) is 1. The van der Waals surface area contributed by atoms with Crippen molar-refractivity contribution >= 4 is 39.2 Å². The van der Waals surface area contributed by atoms with E-state index in [0.717, 1.165) is 45.8 Å². The lowest BCUT2D eigenvalue weighted by atomic mass is 9.80. The highest BCUT2D eigenvalue weighted by Gasteiger charge is 2.28. The summed E-state index contributed by atoms with van der Waals surface area (Å²) in [6.45, 7) is -0.365. The van der Waals surface area contributed by atoms with Gasteiger partial charge in [-0.3, -0.25) is 9.78 Å². The van der Waals surface area contributed by atoms with Gasteiger partial charge >= 0.3 is 5.97 Å². The van der Waals surface area contributed by atoms with Crippen LogP contribution in [0.5, 0.6) is 0 Å². The number of carbonyl (C=O) groups excluding carboxylic acids is 2. The molecule has 1 heterocycles. The van der Waals surface area contributed by atoms with Gasteiger partial charge in [0.25, 0.3) is 5.91 Å².